The maximum Gasteiger partial charge on any atom is 0.310 e. The summed E-state index contributed by atoms with van der Waals surface area (Å²) in [5.74, 6) is -1.62. The lowest BCUT2D eigenvalue weighted by Crippen LogP contribution is -2.67. The molecule has 1 aromatic heterocycles. The number of rotatable bonds is 6. The van der Waals surface area contributed by atoms with Gasteiger partial charge in [0.25, 0.3) is 5.91 Å². The molecule has 5 atom stereocenters. The van der Waals surface area contributed by atoms with E-state index >= 15 is 0 Å². The van der Waals surface area contributed by atoms with Crippen LogP contribution in [0.1, 0.15) is 36.7 Å². The number of amides is 3. The molecule has 2 N–H and O–H groups in total. The molecule has 0 saturated carbocycles. The molecule has 5 rings (SSSR count). The number of carbonyl (C=O) groups excluding carboxylic acids is 4. The van der Waals surface area contributed by atoms with Gasteiger partial charge in [-0.1, -0.05) is 36.4 Å². The van der Waals surface area contributed by atoms with Gasteiger partial charge in [-0.25, -0.2) is 0 Å². The van der Waals surface area contributed by atoms with Gasteiger partial charge in [-0.15, -0.1) is 0 Å². The van der Waals surface area contributed by atoms with Gasteiger partial charge in [0.2, 0.25) is 18.1 Å². The number of hydrogen-bond acceptors (Lipinski definition) is 8. The number of benzene rings is 1. The minimum atomic E-state index is -0.872. The summed E-state index contributed by atoms with van der Waals surface area (Å²) in [7, 11) is 1.90. The summed E-state index contributed by atoms with van der Waals surface area (Å²) in [4.78, 5) is 60.7. The van der Waals surface area contributed by atoms with E-state index < -0.39 is 42.2 Å². The van der Waals surface area contributed by atoms with E-state index in [0.29, 0.717) is 37.9 Å². The molecule has 39 heavy (non-hydrogen) atoms. The van der Waals surface area contributed by atoms with E-state index in [-0.39, 0.29) is 24.1 Å². The zero-order valence-electron chi connectivity index (χ0n) is 22.0. The molecular formula is C28H33N5O6. The van der Waals surface area contributed by atoms with Crippen molar-refractivity contribution in [2.24, 2.45) is 0 Å². The summed E-state index contributed by atoms with van der Waals surface area (Å²) < 4.78 is 10.7. The second-order valence-corrected chi connectivity index (χ2v) is 10.1. The number of nitrogens with one attached hydrogen (secondary N) is 2. The fourth-order valence-corrected chi connectivity index (χ4v) is 5.55. The standard InChI is InChI=1S/C28H33N5O6/c1-3-38-28-21(14-23(34)39-28)31-25(35)22-16-32(2)15-18-9-5-7-11-20(27(37)33(18)22)30-26(36)24-19-10-6-4-8-17(19)12-13-29-24/h4-8,10,12-13,18,20-22,28H,3,9,11,14-16H2,1-2H3,(H,30,36)(H,31,35)/t18-,20-,21?,22-,28?/m0/s1. The Labute approximate surface area is 226 Å². The highest BCUT2D eigenvalue weighted by Gasteiger charge is 2.45. The molecule has 2 aromatic rings. The Hall–Kier alpha value is -3.83. The molecule has 206 valence electrons. The highest BCUT2D eigenvalue weighted by Crippen LogP contribution is 2.24. The second kappa shape index (κ2) is 11.5. The van der Waals surface area contributed by atoms with Crippen molar-refractivity contribution in [1.29, 1.82) is 0 Å². The fraction of sp³-hybridized carbons (Fsp3) is 0.464. The lowest BCUT2D eigenvalue weighted by molar-refractivity contribution is -0.165. The SMILES string of the molecule is CCOC1OC(=O)CC1NC(=O)[C@@H]1CN(C)C[C@@H]2CC=CC[C@H](NC(=O)c3nccc4ccccc34)C(=O)N21. The van der Waals surface area contributed by atoms with Gasteiger partial charge in [0.1, 0.15) is 23.8 Å². The molecule has 3 aliphatic rings. The van der Waals surface area contributed by atoms with Crippen LogP contribution in [0.25, 0.3) is 10.8 Å². The minimum absolute atomic E-state index is 0.00417. The molecule has 0 bridgehead atoms. The van der Waals surface area contributed by atoms with Crippen LogP contribution in [0.3, 0.4) is 0 Å². The maximum atomic E-state index is 14.0. The van der Waals surface area contributed by atoms with E-state index in [4.69, 9.17) is 9.47 Å². The Bertz CT molecular complexity index is 1290. The quantitative estimate of drug-likeness (QED) is 0.414. The monoisotopic (exact) mass is 535 g/mol. The predicted molar refractivity (Wildman–Crippen MR) is 141 cm³/mol. The highest BCUT2D eigenvalue weighted by atomic mass is 16.7. The van der Waals surface area contributed by atoms with Crippen LogP contribution in [-0.4, -0.2) is 95.7 Å². The third-order valence-electron chi connectivity index (χ3n) is 7.35. The molecule has 2 saturated heterocycles. The molecule has 0 radical (unpaired) electrons. The van der Waals surface area contributed by atoms with Crippen molar-refractivity contribution >= 4 is 34.5 Å². The van der Waals surface area contributed by atoms with Crippen LogP contribution in [0.2, 0.25) is 0 Å². The zero-order chi connectivity index (χ0) is 27.5. The van der Waals surface area contributed by atoms with Gasteiger partial charge < -0.3 is 29.9 Å². The molecule has 2 fully saturated rings. The zero-order valence-corrected chi connectivity index (χ0v) is 22.0. The van der Waals surface area contributed by atoms with Crippen molar-refractivity contribution in [2.75, 3.05) is 26.7 Å². The first-order valence-corrected chi connectivity index (χ1v) is 13.3. The Morgan fingerprint density at radius 1 is 1.10 bits per heavy atom. The molecule has 0 aliphatic carbocycles. The van der Waals surface area contributed by atoms with Crippen molar-refractivity contribution < 1.29 is 28.7 Å². The Morgan fingerprint density at radius 3 is 2.72 bits per heavy atom. The second-order valence-electron chi connectivity index (χ2n) is 10.1. The van der Waals surface area contributed by atoms with Crippen LogP contribution in [0.4, 0.5) is 0 Å². The van der Waals surface area contributed by atoms with Crippen LogP contribution in [0.15, 0.2) is 48.7 Å². The summed E-state index contributed by atoms with van der Waals surface area (Å²) in [5, 5.41) is 7.32. The lowest BCUT2D eigenvalue weighted by atomic mass is 9.97. The summed E-state index contributed by atoms with van der Waals surface area (Å²) in [6.07, 6.45) is 5.46. The lowest BCUT2D eigenvalue weighted by Gasteiger charge is -2.46. The van der Waals surface area contributed by atoms with E-state index in [2.05, 4.69) is 15.6 Å². The number of cyclic esters (lactones) is 1. The van der Waals surface area contributed by atoms with Gasteiger partial charge in [-0.2, -0.15) is 0 Å². The summed E-state index contributed by atoms with van der Waals surface area (Å²) in [6.45, 7) is 2.99. The molecule has 11 nitrogen and oxygen atoms in total. The van der Waals surface area contributed by atoms with Crippen molar-refractivity contribution in [3.05, 3.63) is 54.4 Å². The van der Waals surface area contributed by atoms with E-state index in [1.165, 1.54) is 0 Å². The normalized spacial score (nSPS) is 27.4. The van der Waals surface area contributed by atoms with Crippen LogP contribution in [-0.2, 0) is 23.9 Å². The van der Waals surface area contributed by atoms with Gasteiger partial charge in [-0.05, 0) is 38.3 Å². The average molecular weight is 536 g/mol. The third kappa shape index (κ3) is 5.64. The fourth-order valence-electron chi connectivity index (χ4n) is 5.55. The summed E-state index contributed by atoms with van der Waals surface area (Å²) in [5.41, 5.74) is 0.240. The minimum Gasteiger partial charge on any atom is -0.433 e. The first kappa shape index (κ1) is 26.8. The van der Waals surface area contributed by atoms with E-state index in [1.807, 2.05) is 54.4 Å². The van der Waals surface area contributed by atoms with Crippen LogP contribution >= 0.6 is 0 Å². The van der Waals surface area contributed by atoms with Gasteiger partial charge in [0.15, 0.2) is 0 Å². The smallest absolute Gasteiger partial charge is 0.310 e. The number of nitrogens with zero attached hydrogens (tertiary/aromatic N) is 3. The number of esters is 1. The van der Waals surface area contributed by atoms with E-state index in [9.17, 15) is 19.2 Å². The molecule has 11 heteroatoms. The third-order valence-corrected chi connectivity index (χ3v) is 7.35. The molecule has 3 amide bonds. The number of aromatic nitrogens is 1. The Kier molecular flexibility index (Phi) is 7.89. The maximum absolute atomic E-state index is 14.0. The number of piperazine rings is 1. The van der Waals surface area contributed by atoms with Crippen molar-refractivity contribution in [3.63, 3.8) is 0 Å². The van der Waals surface area contributed by atoms with Gasteiger partial charge >= 0.3 is 5.97 Å². The van der Waals surface area contributed by atoms with Gasteiger partial charge in [0, 0.05) is 37.3 Å². The summed E-state index contributed by atoms with van der Waals surface area (Å²) in [6, 6.07) is 6.67. The highest BCUT2D eigenvalue weighted by molar-refractivity contribution is 6.06. The topological polar surface area (TPSA) is 130 Å². The van der Waals surface area contributed by atoms with E-state index in [0.717, 1.165) is 5.39 Å². The number of likely N-dealkylation sites (N-methyl/N-ethyl adjacent to an activating group) is 1. The molecular weight excluding hydrogens is 502 g/mol. The van der Waals surface area contributed by atoms with Gasteiger partial charge in [-0.3, -0.25) is 24.2 Å². The van der Waals surface area contributed by atoms with Crippen molar-refractivity contribution in [1.82, 2.24) is 25.4 Å². The van der Waals surface area contributed by atoms with Crippen LogP contribution in [0.5, 0.6) is 0 Å². The average Bonchev–Trinajstić information content (AvgIpc) is 3.26. The Balaban J connectivity index is 1.38. The molecule has 2 unspecified atom stereocenters. The number of fused-ring (bicyclic) bond motifs is 2. The summed E-state index contributed by atoms with van der Waals surface area (Å²) >= 11 is 0. The Morgan fingerprint density at radius 2 is 1.90 bits per heavy atom. The van der Waals surface area contributed by atoms with Crippen molar-refractivity contribution in [3.8, 4) is 0 Å². The molecule has 4 heterocycles. The van der Waals surface area contributed by atoms with Crippen LogP contribution < -0.4 is 10.6 Å². The predicted octanol–water partition coefficient (Wildman–Crippen LogP) is 0.989. The first-order chi connectivity index (χ1) is 18.9. The molecule has 3 aliphatic heterocycles. The van der Waals surface area contributed by atoms with Gasteiger partial charge in [0.05, 0.1) is 6.42 Å². The molecule has 1 aromatic carbocycles. The number of pyridine rings is 1. The number of carbonyl (C=O) groups is 4. The number of ether oxygens (including phenoxy) is 2. The van der Waals surface area contributed by atoms with Crippen molar-refractivity contribution in [2.45, 2.75) is 56.6 Å². The van der Waals surface area contributed by atoms with E-state index in [1.54, 1.807) is 18.0 Å². The largest absolute Gasteiger partial charge is 0.433 e. The molecule has 0 spiro atoms. The number of hydrogen-bond donors (Lipinski definition) is 2. The first-order valence-electron chi connectivity index (χ1n) is 13.3. The van der Waals surface area contributed by atoms with Crippen LogP contribution in [0, 0.1) is 0 Å².